The minimum absolute atomic E-state index is 0.0891. The number of carbonyl (C=O) groups is 1. The number of ketones is 1. The van der Waals surface area contributed by atoms with Gasteiger partial charge in [-0.15, -0.1) is 8.58 Å². The van der Waals surface area contributed by atoms with E-state index in [1.807, 2.05) is 12.9 Å². The summed E-state index contributed by atoms with van der Waals surface area (Å²) in [6.07, 6.45) is 21.9. The predicted molar refractivity (Wildman–Crippen MR) is 176 cm³/mol. The van der Waals surface area contributed by atoms with Crippen molar-refractivity contribution in [1.29, 1.82) is 0 Å². The summed E-state index contributed by atoms with van der Waals surface area (Å²) in [4.78, 5) is 23.3. The number of Topliss-reactive ketones (excluding diaryl/α,β-unsaturated/α-hetero) is 1. The molecule has 220 valence electrons. The number of allylic oxidation sites excluding steroid dienone is 5. The van der Waals surface area contributed by atoms with Crippen molar-refractivity contribution >= 4 is 20.3 Å². The van der Waals surface area contributed by atoms with Gasteiger partial charge < -0.3 is 0 Å². The van der Waals surface area contributed by atoms with E-state index in [1.165, 1.54) is 43.2 Å². The van der Waals surface area contributed by atoms with Crippen molar-refractivity contribution in [3.8, 4) is 0 Å². The van der Waals surface area contributed by atoms with Crippen molar-refractivity contribution in [2.45, 2.75) is 125 Å². The van der Waals surface area contributed by atoms with Crippen LogP contribution in [0.1, 0.15) is 130 Å². The van der Waals surface area contributed by atoms with Gasteiger partial charge in [0.2, 0.25) is 0 Å². The molecule has 1 aliphatic rings. The zero-order chi connectivity index (χ0) is 29.5. The second-order valence-electron chi connectivity index (χ2n) is 11.2. The molecule has 3 heteroatoms. The molecule has 0 saturated heterocycles. The van der Waals surface area contributed by atoms with E-state index in [-0.39, 0.29) is 5.41 Å². The van der Waals surface area contributed by atoms with E-state index < -0.39 is 0 Å². The standard InChI is InChI=1S/C18H31OP.C14H18O.C4H10/c1-4-6-10-14-18(13-5-2,17(19)15-20-3)16-11-8-7-9-12-16;1-11(2)14-7-5-4-6-13(14)9-8-12(3)10-15;1-3-4-2/h7-9,11,16,20H,4-6,10,12-15H2,1-3H3;4-7,11H,8-9H2,1-3H3;3-4H2,1-2H3. The summed E-state index contributed by atoms with van der Waals surface area (Å²) in [7, 11) is 0.744. The van der Waals surface area contributed by atoms with Crippen molar-refractivity contribution in [3.63, 3.8) is 0 Å². The van der Waals surface area contributed by atoms with Gasteiger partial charge in [-0.3, -0.25) is 4.79 Å². The quantitative estimate of drug-likeness (QED) is 0.123. The molecule has 0 fully saturated rings. The highest BCUT2D eigenvalue weighted by Crippen LogP contribution is 2.44. The molecule has 0 N–H and O–H groups in total. The van der Waals surface area contributed by atoms with Crippen molar-refractivity contribution < 1.29 is 9.59 Å². The Morgan fingerprint density at radius 1 is 1.00 bits per heavy atom. The molecule has 0 amide bonds. The smallest absolute Gasteiger partial charge is 0.143 e. The molecule has 0 aromatic heterocycles. The van der Waals surface area contributed by atoms with Gasteiger partial charge in [0.15, 0.2) is 0 Å². The monoisotopic (exact) mass is 554 g/mol. The molecule has 0 spiro atoms. The lowest BCUT2D eigenvalue weighted by Crippen LogP contribution is -2.39. The lowest BCUT2D eigenvalue weighted by atomic mass is 9.64. The average molecular weight is 555 g/mol. The van der Waals surface area contributed by atoms with Crippen molar-refractivity contribution in [3.05, 3.63) is 65.3 Å². The first-order valence-electron chi connectivity index (χ1n) is 15.6. The van der Waals surface area contributed by atoms with Crippen molar-refractivity contribution in [2.75, 3.05) is 12.8 Å². The fraction of sp³-hybridized carbons (Fsp3) is 0.639. The van der Waals surface area contributed by atoms with Crippen LogP contribution in [0.3, 0.4) is 0 Å². The van der Waals surface area contributed by atoms with Gasteiger partial charge in [0.05, 0.1) is 0 Å². The molecule has 0 bridgehead atoms. The second kappa shape index (κ2) is 23.0. The minimum atomic E-state index is -0.0891. The van der Waals surface area contributed by atoms with Crippen LogP contribution in [0.4, 0.5) is 0 Å². The van der Waals surface area contributed by atoms with Gasteiger partial charge >= 0.3 is 0 Å². The van der Waals surface area contributed by atoms with Crippen molar-refractivity contribution in [2.24, 2.45) is 11.3 Å². The first-order chi connectivity index (χ1) is 18.8. The summed E-state index contributed by atoms with van der Waals surface area (Å²) in [5.74, 6) is 3.45. The van der Waals surface area contributed by atoms with Crippen LogP contribution in [-0.4, -0.2) is 24.6 Å². The van der Waals surface area contributed by atoms with Gasteiger partial charge in [0.25, 0.3) is 0 Å². The average Bonchev–Trinajstić information content (AvgIpc) is 2.96. The molecule has 0 heterocycles. The molecule has 2 nitrogen and oxygen atoms in total. The maximum atomic E-state index is 12.9. The van der Waals surface area contributed by atoms with Gasteiger partial charge in [-0.05, 0) is 68.7 Å². The van der Waals surface area contributed by atoms with E-state index in [2.05, 4.69) is 96.8 Å². The largest absolute Gasteiger partial charge is 0.299 e. The van der Waals surface area contributed by atoms with Crippen LogP contribution in [0.15, 0.2) is 54.1 Å². The Morgan fingerprint density at radius 2 is 1.69 bits per heavy atom. The molecule has 1 aromatic rings. The molecular formula is C36H59O2P. The van der Waals surface area contributed by atoms with Crippen LogP contribution in [0.5, 0.6) is 0 Å². The van der Waals surface area contributed by atoms with E-state index in [0.29, 0.717) is 17.6 Å². The molecule has 2 rings (SSSR count). The maximum absolute atomic E-state index is 12.9. The third-order valence-corrected chi connectivity index (χ3v) is 8.30. The van der Waals surface area contributed by atoms with E-state index >= 15 is 0 Å². The Bertz CT molecular complexity index is 889. The predicted octanol–water partition coefficient (Wildman–Crippen LogP) is 10.7. The number of unbranched alkanes of at least 4 members (excludes halogenated alkanes) is 3. The highest BCUT2D eigenvalue weighted by Gasteiger charge is 2.41. The summed E-state index contributed by atoms with van der Waals surface area (Å²) >= 11 is 0. The molecule has 0 radical (unpaired) electrons. The first-order valence-corrected chi connectivity index (χ1v) is 17.3. The number of rotatable bonds is 15. The summed E-state index contributed by atoms with van der Waals surface area (Å²) in [5.41, 5.74) is 3.45. The fourth-order valence-corrected chi connectivity index (χ4v) is 5.82. The summed E-state index contributed by atoms with van der Waals surface area (Å²) in [5, 5.41) is 0. The Hall–Kier alpha value is -1.75. The van der Waals surface area contributed by atoms with Gasteiger partial charge in [-0.1, -0.05) is 129 Å². The van der Waals surface area contributed by atoms with Crippen LogP contribution in [-0.2, 0) is 16.0 Å². The molecule has 0 aliphatic heterocycles. The van der Waals surface area contributed by atoms with Gasteiger partial charge in [-0.25, -0.2) is 4.79 Å². The number of benzene rings is 1. The molecule has 39 heavy (non-hydrogen) atoms. The lowest BCUT2D eigenvalue weighted by Gasteiger charge is -2.39. The van der Waals surface area contributed by atoms with Gasteiger partial charge in [0, 0.05) is 17.2 Å². The van der Waals surface area contributed by atoms with E-state index in [9.17, 15) is 9.59 Å². The molecule has 0 saturated carbocycles. The van der Waals surface area contributed by atoms with Crippen LogP contribution in [0, 0.1) is 11.3 Å². The molecular weight excluding hydrogens is 495 g/mol. The highest BCUT2D eigenvalue weighted by atomic mass is 31.1. The van der Waals surface area contributed by atoms with Gasteiger partial charge in [0.1, 0.15) is 11.7 Å². The normalized spacial score (nSPS) is 15.7. The van der Waals surface area contributed by atoms with Crippen LogP contribution >= 0.6 is 8.58 Å². The zero-order valence-electron chi connectivity index (χ0n) is 26.6. The summed E-state index contributed by atoms with van der Waals surface area (Å²) in [6.45, 7) is 17.2. The highest BCUT2D eigenvalue weighted by molar-refractivity contribution is 7.38. The summed E-state index contributed by atoms with van der Waals surface area (Å²) < 4.78 is 0. The third-order valence-electron chi connectivity index (χ3n) is 7.63. The van der Waals surface area contributed by atoms with E-state index in [0.717, 1.165) is 58.8 Å². The Labute approximate surface area is 244 Å². The second-order valence-corrected chi connectivity index (χ2v) is 12.3. The molecule has 1 aliphatic carbocycles. The zero-order valence-corrected chi connectivity index (χ0v) is 27.6. The Morgan fingerprint density at radius 3 is 2.21 bits per heavy atom. The SMILES string of the molecule is CC(=C=O)CCc1ccccc1C(C)C.CCCC.CCCCCC(CCC)(C(=O)CPC)C1C=CC=CC1. The number of aryl methyl sites for hydroxylation is 1. The molecule has 3 unspecified atom stereocenters. The van der Waals surface area contributed by atoms with Crippen LogP contribution in [0.2, 0.25) is 0 Å². The van der Waals surface area contributed by atoms with Crippen molar-refractivity contribution in [1.82, 2.24) is 0 Å². The molecule has 1 aromatic carbocycles. The third kappa shape index (κ3) is 14.4. The topological polar surface area (TPSA) is 34.1 Å². The first kappa shape index (κ1) is 37.2. The fourth-order valence-electron chi connectivity index (χ4n) is 5.14. The minimum Gasteiger partial charge on any atom is -0.299 e. The summed E-state index contributed by atoms with van der Waals surface area (Å²) in [6, 6.07) is 8.44. The number of carbonyl (C=O) groups excluding carboxylic acids is 2. The van der Waals surface area contributed by atoms with Gasteiger partial charge in [-0.2, -0.15) is 0 Å². The number of hydrogen-bond acceptors (Lipinski definition) is 2. The van der Waals surface area contributed by atoms with Crippen LogP contribution < -0.4 is 0 Å². The Kier molecular flexibility index (Phi) is 22.0. The van der Waals surface area contributed by atoms with E-state index in [4.69, 9.17) is 0 Å². The van der Waals surface area contributed by atoms with Crippen LogP contribution in [0.25, 0.3) is 0 Å². The number of hydrogen-bond donors (Lipinski definition) is 0. The molecule has 3 atom stereocenters. The van der Waals surface area contributed by atoms with E-state index in [1.54, 1.807) is 0 Å². The maximum Gasteiger partial charge on any atom is 0.143 e. The Balaban J connectivity index is 0.000000670. The lowest BCUT2D eigenvalue weighted by molar-refractivity contribution is -0.129.